The van der Waals surface area contributed by atoms with Gasteiger partial charge in [0.05, 0.1) is 0 Å². The highest BCUT2D eigenvalue weighted by Crippen LogP contribution is 2.23. The first-order valence-electron chi connectivity index (χ1n) is 7.07. The van der Waals surface area contributed by atoms with Gasteiger partial charge in [0, 0.05) is 12.1 Å². The number of hydrogen-bond donors (Lipinski definition) is 1. The number of hydrogen-bond acceptors (Lipinski definition) is 1. The van der Waals surface area contributed by atoms with Crippen LogP contribution in [0.25, 0.3) is 0 Å². The average Bonchev–Trinajstić information content (AvgIpc) is 2.27. The molecule has 102 valence electrons. The van der Waals surface area contributed by atoms with Crippen molar-refractivity contribution in [3.8, 4) is 0 Å². The Kier molecular flexibility index (Phi) is 5.40. The van der Waals surface area contributed by atoms with E-state index in [1.54, 1.807) is 0 Å². The standard InChI is InChI=1S/C17H29N/c1-16(2,3)18-14-17(4,5)13-9-12-15-10-7-6-8-11-15/h6-8,10-11,18H,9,12-14H2,1-5H3. The van der Waals surface area contributed by atoms with Crippen LogP contribution in [0.4, 0.5) is 0 Å². The Morgan fingerprint density at radius 2 is 1.56 bits per heavy atom. The minimum Gasteiger partial charge on any atom is -0.312 e. The normalized spacial score (nSPS) is 12.7. The van der Waals surface area contributed by atoms with Gasteiger partial charge in [-0.2, -0.15) is 0 Å². The Bertz CT molecular complexity index is 332. The zero-order valence-corrected chi connectivity index (χ0v) is 12.7. The van der Waals surface area contributed by atoms with Crippen molar-refractivity contribution >= 4 is 0 Å². The van der Waals surface area contributed by atoms with Gasteiger partial charge in [-0.1, -0.05) is 44.2 Å². The zero-order chi connectivity index (χ0) is 13.6. The smallest absolute Gasteiger partial charge is 0.00967 e. The highest BCUT2D eigenvalue weighted by Gasteiger charge is 2.20. The van der Waals surface area contributed by atoms with Crippen molar-refractivity contribution in [2.24, 2.45) is 5.41 Å². The second kappa shape index (κ2) is 6.38. The van der Waals surface area contributed by atoms with Crippen molar-refractivity contribution in [3.05, 3.63) is 35.9 Å². The monoisotopic (exact) mass is 247 g/mol. The lowest BCUT2D eigenvalue weighted by molar-refractivity contribution is 0.268. The van der Waals surface area contributed by atoms with Crippen LogP contribution in [0, 0.1) is 5.41 Å². The van der Waals surface area contributed by atoms with E-state index in [-0.39, 0.29) is 5.54 Å². The zero-order valence-electron chi connectivity index (χ0n) is 12.7. The molecule has 18 heavy (non-hydrogen) atoms. The highest BCUT2D eigenvalue weighted by molar-refractivity contribution is 5.14. The van der Waals surface area contributed by atoms with E-state index in [1.165, 1.54) is 24.8 Å². The SMILES string of the molecule is CC(C)(CCCc1ccccc1)CNC(C)(C)C. The van der Waals surface area contributed by atoms with E-state index in [0.29, 0.717) is 5.41 Å². The van der Waals surface area contributed by atoms with Gasteiger partial charge in [-0.25, -0.2) is 0 Å². The third-order valence-corrected chi connectivity index (χ3v) is 3.26. The van der Waals surface area contributed by atoms with Gasteiger partial charge in [0.2, 0.25) is 0 Å². The van der Waals surface area contributed by atoms with Crippen molar-refractivity contribution in [3.63, 3.8) is 0 Å². The van der Waals surface area contributed by atoms with Gasteiger partial charge in [0.15, 0.2) is 0 Å². The molecule has 0 aromatic heterocycles. The van der Waals surface area contributed by atoms with Gasteiger partial charge < -0.3 is 5.32 Å². The molecule has 0 atom stereocenters. The van der Waals surface area contributed by atoms with Gasteiger partial charge in [0.1, 0.15) is 0 Å². The van der Waals surface area contributed by atoms with Crippen LogP contribution in [0.15, 0.2) is 30.3 Å². The van der Waals surface area contributed by atoms with Crippen LogP contribution in [0.1, 0.15) is 53.0 Å². The van der Waals surface area contributed by atoms with Crippen LogP contribution < -0.4 is 5.32 Å². The Morgan fingerprint density at radius 1 is 0.944 bits per heavy atom. The molecule has 1 aromatic rings. The Morgan fingerprint density at radius 3 is 2.11 bits per heavy atom. The summed E-state index contributed by atoms with van der Waals surface area (Å²) in [5, 5.41) is 3.61. The Labute approximate surface area is 113 Å². The fourth-order valence-electron chi connectivity index (χ4n) is 2.01. The second-order valence-electron chi connectivity index (χ2n) is 7.11. The summed E-state index contributed by atoms with van der Waals surface area (Å²) in [7, 11) is 0. The molecule has 0 amide bonds. The predicted octanol–water partition coefficient (Wildman–Crippen LogP) is 4.42. The molecule has 0 aliphatic heterocycles. The van der Waals surface area contributed by atoms with Crippen LogP contribution in [0.5, 0.6) is 0 Å². The van der Waals surface area contributed by atoms with Crippen molar-refractivity contribution in [2.45, 2.75) is 59.4 Å². The quantitative estimate of drug-likeness (QED) is 0.784. The molecule has 1 N–H and O–H groups in total. The van der Waals surface area contributed by atoms with Crippen molar-refractivity contribution < 1.29 is 0 Å². The van der Waals surface area contributed by atoms with Crippen LogP contribution in [0.3, 0.4) is 0 Å². The highest BCUT2D eigenvalue weighted by atomic mass is 14.9. The summed E-state index contributed by atoms with van der Waals surface area (Å²) in [5.41, 5.74) is 2.05. The predicted molar refractivity (Wildman–Crippen MR) is 80.9 cm³/mol. The maximum Gasteiger partial charge on any atom is 0.00967 e. The van der Waals surface area contributed by atoms with E-state index in [4.69, 9.17) is 0 Å². The van der Waals surface area contributed by atoms with Gasteiger partial charge in [-0.05, 0) is 51.0 Å². The third kappa shape index (κ3) is 6.80. The van der Waals surface area contributed by atoms with Gasteiger partial charge in [-0.15, -0.1) is 0 Å². The summed E-state index contributed by atoms with van der Waals surface area (Å²) in [6.45, 7) is 12.5. The van der Waals surface area contributed by atoms with Gasteiger partial charge >= 0.3 is 0 Å². The molecule has 0 fully saturated rings. The van der Waals surface area contributed by atoms with E-state index in [1.807, 2.05) is 0 Å². The van der Waals surface area contributed by atoms with Crippen LogP contribution in [-0.2, 0) is 6.42 Å². The van der Waals surface area contributed by atoms with Crippen molar-refractivity contribution in [1.82, 2.24) is 5.32 Å². The molecule has 1 rings (SSSR count). The lowest BCUT2D eigenvalue weighted by Crippen LogP contribution is -2.41. The molecule has 0 bridgehead atoms. The molecule has 0 radical (unpaired) electrons. The fourth-order valence-corrected chi connectivity index (χ4v) is 2.01. The minimum absolute atomic E-state index is 0.219. The lowest BCUT2D eigenvalue weighted by Gasteiger charge is -2.30. The molecule has 1 heteroatoms. The maximum atomic E-state index is 3.61. The number of rotatable bonds is 6. The number of benzene rings is 1. The topological polar surface area (TPSA) is 12.0 Å². The van der Waals surface area contributed by atoms with E-state index in [9.17, 15) is 0 Å². The molecule has 1 aromatic carbocycles. The molecule has 0 spiro atoms. The van der Waals surface area contributed by atoms with Crippen LogP contribution >= 0.6 is 0 Å². The average molecular weight is 247 g/mol. The molecule has 0 aliphatic rings. The minimum atomic E-state index is 0.219. The first kappa shape index (κ1) is 15.2. The van der Waals surface area contributed by atoms with Crippen LogP contribution in [-0.4, -0.2) is 12.1 Å². The third-order valence-electron chi connectivity index (χ3n) is 3.26. The summed E-state index contributed by atoms with van der Waals surface area (Å²) >= 11 is 0. The Hall–Kier alpha value is -0.820. The molecule has 0 saturated carbocycles. The van der Waals surface area contributed by atoms with E-state index >= 15 is 0 Å². The summed E-state index contributed by atoms with van der Waals surface area (Å²) in [6, 6.07) is 10.8. The fraction of sp³-hybridized carbons (Fsp3) is 0.647. The van der Waals surface area contributed by atoms with Crippen molar-refractivity contribution in [2.75, 3.05) is 6.54 Å². The lowest BCUT2D eigenvalue weighted by atomic mass is 9.85. The van der Waals surface area contributed by atoms with Crippen LogP contribution in [0.2, 0.25) is 0 Å². The molecule has 0 heterocycles. The number of nitrogens with one attached hydrogen (secondary N) is 1. The van der Waals surface area contributed by atoms with E-state index < -0.39 is 0 Å². The first-order valence-corrected chi connectivity index (χ1v) is 7.07. The molecule has 1 nitrogen and oxygen atoms in total. The molecule has 0 aliphatic carbocycles. The summed E-state index contributed by atoms with van der Waals surface area (Å²) in [5.74, 6) is 0. The number of aryl methyl sites for hydroxylation is 1. The second-order valence-corrected chi connectivity index (χ2v) is 7.11. The van der Waals surface area contributed by atoms with Gasteiger partial charge in [-0.3, -0.25) is 0 Å². The molecular weight excluding hydrogens is 218 g/mol. The molecule has 0 unspecified atom stereocenters. The summed E-state index contributed by atoms with van der Waals surface area (Å²) in [4.78, 5) is 0. The molecule has 0 saturated heterocycles. The van der Waals surface area contributed by atoms with E-state index in [0.717, 1.165) is 6.54 Å². The molecular formula is C17H29N. The Balaban J connectivity index is 2.29. The summed E-state index contributed by atoms with van der Waals surface area (Å²) < 4.78 is 0. The first-order chi connectivity index (χ1) is 8.29. The van der Waals surface area contributed by atoms with Gasteiger partial charge in [0.25, 0.3) is 0 Å². The van der Waals surface area contributed by atoms with Crippen molar-refractivity contribution in [1.29, 1.82) is 0 Å². The summed E-state index contributed by atoms with van der Waals surface area (Å²) in [6.07, 6.45) is 3.73. The maximum absolute atomic E-state index is 3.61. The largest absolute Gasteiger partial charge is 0.312 e. The van der Waals surface area contributed by atoms with E-state index in [2.05, 4.69) is 70.3 Å².